The van der Waals surface area contributed by atoms with Crippen molar-refractivity contribution in [2.45, 2.75) is 12.5 Å². The minimum atomic E-state index is -1.18. The molecule has 1 heterocycles. The molecule has 0 spiro atoms. The van der Waals surface area contributed by atoms with Crippen molar-refractivity contribution in [1.29, 1.82) is 0 Å². The second-order valence-corrected chi connectivity index (χ2v) is 5.95. The highest BCUT2D eigenvalue weighted by molar-refractivity contribution is 6.07. The molecule has 3 aromatic rings. The lowest BCUT2D eigenvalue weighted by molar-refractivity contribution is -0.139. The molecule has 0 saturated heterocycles. The summed E-state index contributed by atoms with van der Waals surface area (Å²) >= 11 is 0. The number of aromatic nitrogens is 1. The SMILES string of the molecule is O=C(O)c1ccc(C[C@H](NC(=O)c2ccnc3ccccc23)C(=O)O)cc1. The van der Waals surface area contributed by atoms with Crippen LogP contribution < -0.4 is 5.32 Å². The van der Waals surface area contributed by atoms with Crippen LogP contribution in [0.2, 0.25) is 0 Å². The molecule has 27 heavy (non-hydrogen) atoms. The first kappa shape index (κ1) is 18.1. The smallest absolute Gasteiger partial charge is 0.335 e. The minimum Gasteiger partial charge on any atom is -0.480 e. The lowest BCUT2D eigenvalue weighted by Gasteiger charge is -2.15. The number of carbonyl (C=O) groups is 3. The number of carboxylic acid groups (broad SMARTS) is 2. The normalized spacial score (nSPS) is 11.7. The Morgan fingerprint density at radius 2 is 1.67 bits per heavy atom. The third-order valence-electron chi connectivity index (χ3n) is 4.14. The number of fused-ring (bicyclic) bond motifs is 1. The van der Waals surface area contributed by atoms with Crippen LogP contribution in [0.3, 0.4) is 0 Å². The minimum absolute atomic E-state index is 0.0317. The molecule has 7 heteroatoms. The number of nitrogens with zero attached hydrogens (tertiary/aromatic N) is 1. The Kier molecular flexibility index (Phi) is 5.12. The van der Waals surface area contributed by atoms with Crippen molar-refractivity contribution < 1.29 is 24.6 Å². The number of carboxylic acids is 2. The van der Waals surface area contributed by atoms with Gasteiger partial charge in [0.1, 0.15) is 6.04 Å². The fourth-order valence-electron chi connectivity index (χ4n) is 2.75. The monoisotopic (exact) mass is 364 g/mol. The molecule has 7 nitrogen and oxygen atoms in total. The molecule has 0 unspecified atom stereocenters. The van der Waals surface area contributed by atoms with Crippen LogP contribution >= 0.6 is 0 Å². The highest BCUT2D eigenvalue weighted by Crippen LogP contribution is 2.16. The van der Waals surface area contributed by atoms with Gasteiger partial charge in [-0.2, -0.15) is 0 Å². The highest BCUT2D eigenvalue weighted by Gasteiger charge is 2.22. The quantitative estimate of drug-likeness (QED) is 0.618. The van der Waals surface area contributed by atoms with E-state index in [1.165, 1.54) is 36.5 Å². The van der Waals surface area contributed by atoms with Crippen molar-refractivity contribution in [1.82, 2.24) is 10.3 Å². The molecule has 0 aliphatic heterocycles. The van der Waals surface area contributed by atoms with Gasteiger partial charge in [0.15, 0.2) is 0 Å². The molecule has 1 amide bonds. The molecule has 1 aromatic heterocycles. The van der Waals surface area contributed by atoms with Gasteiger partial charge in [0.25, 0.3) is 5.91 Å². The van der Waals surface area contributed by atoms with Gasteiger partial charge in [-0.15, -0.1) is 0 Å². The first-order chi connectivity index (χ1) is 13.0. The highest BCUT2D eigenvalue weighted by atomic mass is 16.4. The number of hydrogen-bond acceptors (Lipinski definition) is 4. The van der Waals surface area contributed by atoms with Gasteiger partial charge < -0.3 is 15.5 Å². The van der Waals surface area contributed by atoms with Crippen LogP contribution in [0.25, 0.3) is 10.9 Å². The van der Waals surface area contributed by atoms with E-state index in [4.69, 9.17) is 5.11 Å². The van der Waals surface area contributed by atoms with E-state index in [1.807, 2.05) is 0 Å². The summed E-state index contributed by atoms with van der Waals surface area (Å²) in [6.45, 7) is 0. The van der Waals surface area contributed by atoms with Crippen LogP contribution in [-0.4, -0.2) is 39.1 Å². The predicted octanol–water partition coefficient (Wildman–Crippen LogP) is 2.36. The summed E-state index contributed by atoms with van der Waals surface area (Å²) in [4.78, 5) is 39.3. The summed E-state index contributed by atoms with van der Waals surface area (Å²) in [7, 11) is 0. The van der Waals surface area contributed by atoms with Gasteiger partial charge in [-0.25, -0.2) is 9.59 Å². The number of para-hydroxylation sites is 1. The van der Waals surface area contributed by atoms with Gasteiger partial charge in [-0.1, -0.05) is 30.3 Å². The molecular weight excluding hydrogens is 348 g/mol. The summed E-state index contributed by atoms with van der Waals surface area (Å²) < 4.78 is 0. The van der Waals surface area contributed by atoms with Crippen LogP contribution in [-0.2, 0) is 11.2 Å². The van der Waals surface area contributed by atoms with Crippen molar-refractivity contribution in [3.63, 3.8) is 0 Å². The molecule has 2 aromatic carbocycles. The second kappa shape index (κ2) is 7.65. The molecule has 0 saturated carbocycles. The van der Waals surface area contributed by atoms with Crippen molar-refractivity contribution in [2.24, 2.45) is 0 Å². The maximum atomic E-state index is 12.6. The molecular formula is C20H16N2O5. The summed E-state index contributed by atoms with van der Waals surface area (Å²) in [6.07, 6.45) is 1.53. The van der Waals surface area contributed by atoms with E-state index in [0.29, 0.717) is 22.0 Å². The molecule has 3 N–H and O–H groups in total. The average molecular weight is 364 g/mol. The Balaban J connectivity index is 1.80. The number of carbonyl (C=O) groups excluding carboxylic acids is 1. The van der Waals surface area contributed by atoms with E-state index < -0.39 is 23.9 Å². The molecule has 1 atom stereocenters. The molecule has 0 aliphatic carbocycles. The third-order valence-corrected chi connectivity index (χ3v) is 4.14. The van der Waals surface area contributed by atoms with Gasteiger partial charge in [-0.3, -0.25) is 9.78 Å². The molecule has 0 bridgehead atoms. The summed E-state index contributed by atoms with van der Waals surface area (Å²) in [5.41, 5.74) is 1.69. The fraction of sp³-hybridized carbons (Fsp3) is 0.100. The molecule has 136 valence electrons. The molecule has 3 rings (SSSR count). The van der Waals surface area contributed by atoms with Gasteiger partial charge in [0, 0.05) is 18.0 Å². The van der Waals surface area contributed by atoms with Crippen molar-refractivity contribution in [3.05, 3.63) is 77.5 Å². The topological polar surface area (TPSA) is 117 Å². The molecule has 0 aliphatic rings. The van der Waals surface area contributed by atoms with Crippen LogP contribution in [0, 0.1) is 0 Å². The zero-order valence-corrected chi connectivity index (χ0v) is 14.1. The van der Waals surface area contributed by atoms with E-state index in [2.05, 4.69) is 10.3 Å². The Hall–Kier alpha value is -3.74. The zero-order chi connectivity index (χ0) is 19.4. The maximum absolute atomic E-state index is 12.6. The molecule has 0 radical (unpaired) electrons. The largest absolute Gasteiger partial charge is 0.480 e. The summed E-state index contributed by atoms with van der Waals surface area (Å²) in [5.74, 6) is -2.75. The van der Waals surface area contributed by atoms with Crippen LogP contribution in [0.5, 0.6) is 0 Å². The number of amides is 1. The number of rotatable bonds is 6. The number of benzene rings is 2. The Bertz CT molecular complexity index is 1010. The zero-order valence-electron chi connectivity index (χ0n) is 14.1. The number of aliphatic carboxylic acids is 1. The Labute approximate surface area is 154 Å². The van der Waals surface area contributed by atoms with Gasteiger partial charge >= 0.3 is 11.9 Å². The average Bonchev–Trinajstić information content (AvgIpc) is 2.67. The van der Waals surface area contributed by atoms with Crippen LogP contribution in [0.15, 0.2) is 60.8 Å². The fourth-order valence-corrected chi connectivity index (χ4v) is 2.75. The van der Waals surface area contributed by atoms with Crippen molar-refractivity contribution >= 4 is 28.7 Å². The van der Waals surface area contributed by atoms with E-state index in [0.717, 1.165) is 0 Å². The Morgan fingerprint density at radius 1 is 0.963 bits per heavy atom. The van der Waals surface area contributed by atoms with Gasteiger partial charge in [-0.05, 0) is 29.8 Å². The lowest BCUT2D eigenvalue weighted by Crippen LogP contribution is -2.42. The van der Waals surface area contributed by atoms with E-state index in [-0.39, 0.29) is 12.0 Å². The Morgan fingerprint density at radius 3 is 2.33 bits per heavy atom. The first-order valence-electron chi connectivity index (χ1n) is 8.15. The first-order valence-corrected chi connectivity index (χ1v) is 8.15. The predicted molar refractivity (Wildman–Crippen MR) is 97.7 cm³/mol. The number of hydrogen-bond donors (Lipinski definition) is 3. The summed E-state index contributed by atoms with van der Waals surface area (Å²) in [5, 5.41) is 21.5. The number of aromatic carboxylic acids is 1. The van der Waals surface area contributed by atoms with Crippen LogP contribution in [0.1, 0.15) is 26.3 Å². The van der Waals surface area contributed by atoms with Gasteiger partial charge in [0.2, 0.25) is 0 Å². The summed E-state index contributed by atoms with van der Waals surface area (Å²) in [6, 6.07) is 13.3. The lowest BCUT2D eigenvalue weighted by atomic mass is 10.0. The second-order valence-electron chi connectivity index (χ2n) is 5.95. The van der Waals surface area contributed by atoms with E-state index in [1.54, 1.807) is 24.3 Å². The standard InChI is InChI=1S/C20H16N2O5/c23-18(15-9-10-21-16-4-2-1-3-14(15)16)22-17(20(26)27)11-12-5-7-13(8-6-12)19(24)25/h1-10,17H,11H2,(H,22,23)(H,24,25)(H,26,27)/t17-/m0/s1. The maximum Gasteiger partial charge on any atom is 0.335 e. The van der Waals surface area contributed by atoms with Gasteiger partial charge in [0.05, 0.1) is 16.6 Å². The number of pyridine rings is 1. The van der Waals surface area contributed by atoms with E-state index in [9.17, 15) is 19.5 Å². The third kappa shape index (κ3) is 4.09. The molecule has 0 fully saturated rings. The van der Waals surface area contributed by atoms with E-state index >= 15 is 0 Å². The van der Waals surface area contributed by atoms with Crippen molar-refractivity contribution in [3.8, 4) is 0 Å². The van der Waals surface area contributed by atoms with Crippen LogP contribution in [0.4, 0.5) is 0 Å². The number of nitrogens with one attached hydrogen (secondary N) is 1. The van der Waals surface area contributed by atoms with Crippen molar-refractivity contribution in [2.75, 3.05) is 0 Å².